The molecule has 0 fully saturated rings. The summed E-state index contributed by atoms with van der Waals surface area (Å²) in [6.07, 6.45) is 3.12. The Hall–Kier alpha value is -1.77. The third kappa shape index (κ3) is 4.35. The van der Waals surface area contributed by atoms with Crippen LogP contribution in [0.15, 0.2) is 42.5 Å². The molecule has 0 saturated heterocycles. The zero-order valence-corrected chi connectivity index (χ0v) is 13.3. The molecule has 0 unspecified atom stereocenters. The van der Waals surface area contributed by atoms with Crippen LogP contribution < -0.4 is 5.32 Å². The van der Waals surface area contributed by atoms with E-state index in [4.69, 9.17) is 23.2 Å². The van der Waals surface area contributed by atoms with E-state index in [-0.39, 0.29) is 5.91 Å². The van der Waals surface area contributed by atoms with Crippen LogP contribution in [-0.4, -0.2) is 5.91 Å². The first kappa shape index (κ1) is 15.6. The van der Waals surface area contributed by atoms with Crippen molar-refractivity contribution in [2.24, 2.45) is 0 Å². The number of amides is 1. The molecule has 0 radical (unpaired) electrons. The molecule has 0 bridgehead atoms. The molecule has 2 aromatic rings. The first-order valence-corrected chi connectivity index (χ1v) is 7.22. The van der Waals surface area contributed by atoms with Gasteiger partial charge in [-0.1, -0.05) is 41.4 Å². The molecule has 2 nitrogen and oxygen atoms in total. The number of anilines is 1. The van der Waals surface area contributed by atoms with Crippen LogP contribution in [0.1, 0.15) is 16.7 Å². The number of hydrogen-bond donors (Lipinski definition) is 1. The monoisotopic (exact) mass is 319 g/mol. The Morgan fingerprint density at radius 2 is 1.86 bits per heavy atom. The molecular weight excluding hydrogens is 305 g/mol. The molecule has 1 N–H and O–H groups in total. The zero-order valence-electron chi connectivity index (χ0n) is 11.8. The Balaban J connectivity index is 2.11. The van der Waals surface area contributed by atoms with Crippen LogP contribution in [0.5, 0.6) is 0 Å². The fourth-order valence-electron chi connectivity index (χ4n) is 1.85. The van der Waals surface area contributed by atoms with Crippen molar-refractivity contribution in [1.29, 1.82) is 0 Å². The Labute approximate surface area is 134 Å². The van der Waals surface area contributed by atoms with Gasteiger partial charge in [-0.3, -0.25) is 4.79 Å². The van der Waals surface area contributed by atoms with E-state index < -0.39 is 0 Å². The van der Waals surface area contributed by atoms with Gasteiger partial charge in [0, 0.05) is 21.8 Å². The van der Waals surface area contributed by atoms with E-state index in [2.05, 4.69) is 5.32 Å². The lowest BCUT2D eigenvalue weighted by atomic mass is 10.1. The third-order valence-corrected chi connectivity index (χ3v) is 3.59. The Morgan fingerprint density at radius 1 is 1.10 bits per heavy atom. The number of nitrogens with one attached hydrogen (secondary N) is 1. The summed E-state index contributed by atoms with van der Waals surface area (Å²) in [5.74, 6) is -0.199. The maximum Gasteiger partial charge on any atom is 0.248 e. The van der Waals surface area contributed by atoms with E-state index in [0.717, 1.165) is 22.4 Å². The summed E-state index contributed by atoms with van der Waals surface area (Å²) in [7, 11) is 0. The van der Waals surface area contributed by atoms with Crippen molar-refractivity contribution < 1.29 is 4.79 Å². The molecule has 0 atom stereocenters. The maximum absolute atomic E-state index is 12.0. The average Bonchev–Trinajstić information content (AvgIpc) is 2.42. The lowest BCUT2D eigenvalue weighted by molar-refractivity contribution is -0.111. The van der Waals surface area contributed by atoms with Crippen molar-refractivity contribution >= 4 is 40.9 Å². The molecule has 0 saturated carbocycles. The first-order valence-electron chi connectivity index (χ1n) is 6.47. The summed E-state index contributed by atoms with van der Waals surface area (Å²) in [5, 5.41) is 3.94. The number of rotatable bonds is 3. The average molecular weight is 320 g/mol. The van der Waals surface area contributed by atoms with Crippen molar-refractivity contribution in [3.05, 3.63) is 69.2 Å². The zero-order chi connectivity index (χ0) is 15.4. The van der Waals surface area contributed by atoms with Gasteiger partial charge in [0.05, 0.1) is 0 Å². The molecule has 21 heavy (non-hydrogen) atoms. The predicted molar refractivity (Wildman–Crippen MR) is 90.0 cm³/mol. The normalized spacial score (nSPS) is 10.9. The van der Waals surface area contributed by atoms with Gasteiger partial charge in [-0.15, -0.1) is 0 Å². The Morgan fingerprint density at radius 3 is 2.57 bits per heavy atom. The number of carbonyl (C=O) groups is 1. The summed E-state index contributed by atoms with van der Waals surface area (Å²) < 4.78 is 0. The molecule has 108 valence electrons. The molecule has 0 aliphatic rings. The number of carbonyl (C=O) groups excluding carboxylic acids is 1. The van der Waals surface area contributed by atoms with Gasteiger partial charge in [-0.05, 0) is 54.8 Å². The van der Waals surface area contributed by atoms with Crippen LogP contribution in [0.2, 0.25) is 10.0 Å². The summed E-state index contributed by atoms with van der Waals surface area (Å²) in [6.45, 7) is 3.94. The molecular formula is C17H15Cl2NO. The van der Waals surface area contributed by atoms with E-state index >= 15 is 0 Å². The van der Waals surface area contributed by atoms with Crippen LogP contribution in [0.4, 0.5) is 5.69 Å². The highest BCUT2D eigenvalue weighted by Gasteiger charge is 2.03. The Bertz CT molecular complexity index is 708. The van der Waals surface area contributed by atoms with E-state index in [1.165, 1.54) is 6.08 Å². The van der Waals surface area contributed by atoms with Gasteiger partial charge in [0.15, 0.2) is 0 Å². The lowest BCUT2D eigenvalue weighted by Gasteiger charge is -2.07. The molecule has 1 amide bonds. The molecule has 2 aromatic carbocycles. The van der Waals surface area contributed by atoms with E-state index in [0.29, 0.717) is 10.0 Å². The molecule has 2 rings (SSSR count). The van der Waals surface area contributed by atoms with Crippen LogP contribution in [0, 0.1) is 13.8 Å². The van der Waals surface area contributed by atoms with Crippen molar-refractivity contribution in [1.82, 2.24) is 0 Å². The second-order valence-electron chi connectivity index (χ2n) is 4.81. The van der Waals surface area contributed by atoms with Gasteiger partial charge >= 0.3 is 0 Å². The highest BCUT2D eigenvalue weighted by Crippen LogP contribution is 2.22. The van der Waals surface area contributed by atoms with Crippen LogP contribution in [0.3, 0.4) is 0 Å². The van der Waals surface area contributed by atoms with Crippen molar-refractivity contribution in [3.63, 3.8) is 0 Å². The number of aryl methyl sites for hydroxylation is 2. The lowest BCUT2D eigenvalue weighted by Crippen LogP contribution is -2.09. The minimum absolute atomic E-state index is 0.199. The van der Waals surface area contributed by atoms with E-state index in [1.807, 2.05) is 32.0 Å². The second-order valence-corrected chi connectivity index (χ2v) is 5.65. The number of benzene rings is 2. The minimum atomic E-state index is -0.199. The van der Waals surface area contributed by atoms with E-state index in [1.54, 1.807) is 24.3 Å². The van der Waals surface area contributed by atoms with Gasteiger partial charge < -0.3 is 5.32 Å². The van der Waals surface area contributed by atoms with Gasteiger partial charge in [-0.2, -0.15) is 0 Å². The predicted octanol–water partition coefficient (Wildman–Crippen LogP) is 5.26. The maximum atomic E-state index is 12.0. The highest BCUT2D eigenvalue weighted by molar-refractivity contribution is 6.35. The van der Waals surface area contributed by atoms with E-state index in [9.17, 15) is 4.79 Å². The molecule has 0 aliphatic carbocycles. The van der Waals surface area contributed by atoms with Gasteiger partial charge in [0.2, 0.25) is 5.91 Å². The van der Waals surface area contributed by atoms with Gasteiger partial charge in [0.1, 0.15) is 0 Å². The van der Waals surface area contributed by atoms with Crippen molar-refractivity contribution in [2.75, 3.05) is 5.32 Å². The molecule has 0 heterocycles. The van der Waals surface area contributed by atoms with Crippen LogP contribution >= 0.6 is 23.2 Å². The quantitative estimate of drug-likeness (QED) is 0.768. The summed E-state index contributed by atoms with van der Waals surface area (Å²) in [5.41, 5.74) is 3.68. The summed E-state index contributed by atoms with van der Waals surface area (Å²) >= 11 is 11.9. The SMILES string of the molecule is Cc1ccc(C)c(NC(=O)C=Cc2ccc(Cl)cc2Cl)c1. The van der Waals surface area contributed by atoms with Gasteiger partial charge in [-0.25, -0.2) is 0 Å². The highest BCUT2D eigenvalue weighted by atomic mass is 35.5. The van der Waals surface area contributed by atoms with Gasteiger partial charge in [0.25, 0.3) is 0 Å². The van der Waals surface area contributed by atoms with Crippen LogP contribution in [0.25, 0.3) is 6.08 Å². The molecule has 0 spiro atoms. The Kier molecular flexibility index (Phi) is 5.05. The molecule has 0 aromatic heterocycles. The standard InChI is InChI=1S/C17H15Cl2NO/c1-11-3-4-12(2)16(9-11)20-17(21)8-6-13-5-7-14(18)10-15(13)19/h3-10H,1-2H3,(H,20,21). The fourth-order valence-corrected chi connectivity index (χ4v) is 2.32. The fraction of sp³-hybridized carbons (Fsp3) is 0.118. The number of halogens is 2. The minimum Gasteiger partial charge on any atom is -0.322 e. The second kappa shape index (κ2) is 6.79. The van der Waals surface area contributed by atoms with Crippen LogP contribution in [-0.2, 0) is 4.79 Å². The molecule has 4 heteroatoms. The smallest absolute Gasteiger partial charge is 0.248 e. The first-order chi connectivity index (χ1) is 9.95. The van der Waals surface area contributed by atoms with Crippen molar-refractivity contribution in [2.45, 2.75) is 13.8 Å². The van der Waals surface area contributed by atoms with Crippen molar-refractivity contribution in [3.8, 4) is 0 Å². The topological polar surface area (TPSA) is 29.1 Å². The third-order valence-electron chi connectivity index (χ3n) is 3.03. The largest absolute Gasteiger partial charge is 0.322 e. The number of hydrogen-bond acceptors (Lipinski definition) is 1. The molecule has 0 aliphatic heterocycles. The summed E-state index contributed by atoms with van der Waals surface area (Å²) in [6, 6.07) is 11.1. The summed E-state index contributed by atoms with van der Waals surface area (Å²) in [4.78, 5) is 12.0.